The molecule has 0 aliphatic heterocycles. The first-order valence-electron chi connectivity index (χ1n) is 4.87. The number of carbonyl (C=O) groups is 2. The summed E-state index contributed by atoms with van der Waals surface area (Å²) in [4.78, 5) is 24.9. The van der Waals surface area contributed by atoms with Gasteiger partial charge in [0.05, 0.1) is 7.11 Å². The lowest BCUT2D eigenvalue weighted by atomic mass is 10.2. The van der Waals surface area contributed by atoms with Crippen LogP contribution in [0, 0.1) is 0 Å². The van der Waals surface area contributed by atoms with Crippen LogP contribution in [-0.4, -0.2) is 37.7 Å². The molecule has 1 aromatic heterocycles. The molecule has 1 aromatic rings. The molecule has 1 amide bonds. The molecule has 1 rings (SSSR count). The monoisotopic (exact) mass is 289 g/mol. The molecule has 104 valence electrons. The average molecular weight is 289 g/mol. The summed E-state index contributed by atoms with van der Waals surface area (Å²) in [5.41, 5.74) is 0.277. The molecule has 0 atom stereocenters. The highest BCUT2D eigenvalue weighted by molar-refractivity contribution is 7.88. The second-order valence-corrected chi connectivity index (χ2v) is 4.77. The van der Waals surface area contributed by atoms with Crippen molar-refractivity contribution in [3.63, 3.8) is 0 Å². The zero-order valence-corrected chi connectivity index (χ0v) is 10.6. The number of methoxy groups -OCH3 is 1. The Morgan fingerprint density at radius 2 is 2.11 bits per heavy atom. The van der Waals surface area contributed by atoms with Gasteiger partial charge in [0.1, 0.15) is 5.69 Å². The normalized spacial score (nSPS) is 10.8. The van der Waals surface area contributed by atoms with E-state index in [0.717, 1.165) is 7.11 Å². The number of aromatic carboxylic acids is 1. The van der Waals surface area contributed by atoms with Gasteiger partial charge in [0.15, 0.2) is 0 Å². The minimum Gasteiger partial charge on any atom is -0.477 e. The summed E-state index contributed by atoms with van der Waals surface area (Å²) >= 11 is 0. The molecule has 0 aliphatic carbocycles. The Labute approximate surface area is 108 Å². The van der Waals surface area contributed by atoms with Crippen molar-refractivity contribution in [1.82, 2.24) is 14.4 Å². The smallest absolute Gasteiger partial charge is 0.421 e. The summed E-state index contributed by atoms with van der Waals surface area (Å²) < 4.78 is 30.4. The number of aromatic nitrogens is 1. The van der Waals surface area contributed by atoms with E-state index in [1.165, 1.54) is 18.3 Å². The second-order valence-electron chi connectivity index (χ2n) is 3.28. The molecule has 10 heteroatoms. The largest absolute Gasteiger partial charge is 0.477 e. The molecule has 0 unspecified atom stereocenters. The molecule has 0 bridgehead atoms. The molecule has 0 saturated heterocycles. The fourth-order valence-electron chi connectivity index (χ4n) is 1.02. The molecule has 0 saturated carbocycles. The van der Waals surface area contributed by atoms with Crippen molar-refractivity contribution in [1.29, 1.82) is 0 Å². The molecule has 1 heterocycles. The molecule has 9 nitrogen and oxygen atoms in total. The summed E-state index contributed by atoms with van der Waals surface area (Å²) in [6.45, 7) is -0.154. The summed E-state index contributed by atoms with van der Waals surface area (Å²) in [5.74, 6) is -1.18. The molecule has 0 radical (unpaired) electrons. The van der Waals surface area contributed by atoms with Crippen LogP contribution >= 0.6 is 0 Å². The van der Waals surface area contributed by atoms with Crippen molar-refractivity contribution in [2.45, 2.75) is 6.54 Å². The first-order valence-corrected chi connectivity index (χ1v) is 6.36. The third-order valence-electron chi connectivity index (χ3n) is 1.91. The van der Waals surface area contributed by atoms with Gasteiger partial charge in [0.2, 0.25) is 0 Å². The number of nitrogens with one attached hydrogen (secondary N) is 2. The fraction of sp³-hybridized carbons (Fsp3) is 0.222. The number of pyridine rings is 1. The first-order chi connectivity index (χ1) is 8.84. The number of nitrogens with zero attached hydrogens (tertiary/aromatic N) is 1. The summed E-state index contributed by atoms with van der Waals surface area (Å²) in [6, 6.07) is 2.64. The lowest BCUT2D eigenvalue weighted by Crippen LogP contribution is -2.39. The van der Waals surface area contributed by atoms with E-state index in [2.05, 4.69) is 14.4 Å². The zero-order chi connectivity index (χ0) is 14.5. The fourth-order valence-corrected chi connectivity index (χ4v) is 1.75. The van der Waals surface area contributed by atoms with Gasteiger partial charge >= 0.3 is 22.3 Å². The highest BCUT2D eigenvalue weighted by Gasteiger charge is 2.14. The van der Waals surface area contributed by atoms with Gasteiger partial charge in [-0.05, 0) is 11.6 Å². The van der Waals surface area contributed by atoms with Crippen LogP contribution in [-0.2, 0) is 21.5 Å². The number of carboxylic acid groups (broad SMARTS) is 1. The van der Waals surface area contributed by atoms with Gasteiger partial charge in [-0.15, -0.1) is 0 Å². The summed E-state index contributed by atoms with van der Waals surface area (Å²) in [7, 11) is -3.01. The van der Waals surface area contributed by atoms with E-state index >= 15 is 0 Å². The minimum absolute atomic E-state index is 0.153. The van der Waals surface area contributed by atoms with Gasteiger partial charge in [0.25, 0.3) is 0 Å². The summed E-state index contributed by atoms with van der Waals surface area (Å²) in [6.07, 6.45) is 0.0938. The van der Waals surface area contributed by atoms with Crippen LogP contribution in [0.2, 0.25) is 0 Å². The SMILES string of the molecule is COC(=O)NS(=O)(=O)NCc1ccc(C(=O)O)nc1. The van der Waals surface area contributed by atoms with Crippen LogP contribution in [0.3, 0.4) is 0 Å². The van der Waals surface area contributed by atoms with Gasteiger partial charge < -0.3 is 9.84 Å². The maximum atomic E-state index is 11.3. The number of hydrogen-bond acceptors (Lipinski definition) is 6. The quantitative estimate of drug-likeness (QED) is 0.663. The highest BCUT2D eigenvalue weighted by atomic mass is 32.2. The average Bonchev–Trinajstić information content (AvgIpc) is 2.36. The third-order valence-corrected chi connectivity index (χ3v) is 2.87. The maximum Gasteiger partial charge on any atom is 0.421 e. The molecule has 19 heavy (non-hydrogen) atoms. The Balaban J connectivity index is 2.61. The van der Waals surface area contributed by atoms with Crippen molar-refractivity contribution >= 4 is 22.3 Å². The highest BCUT2D eigenvalue weighted by Crippen LogP contribution is 2.00. The number of carboxylic acids is 1. The molecule has 0 aromatic carbocycles. The van der Waals surface area contributed by atoms with Crippen LogP contribution in [0.4, 0.5) is 4.79 Å². The Morgan fingerprint density at radius 3 is 2.58 bits per heavy atom. The van der Waals surface area contributed by atoms with E-state index in [-0.39, 0.29) is 12.2 Å². The van der Waals surface area contributed by atoms with E-state index < -0.39 is 22.3 Å². The molecule has 0 aliphatic rings. The Morgan fingerprint density at radius 1 is 1.42 bits per heavy atom. The predicted octanol–water partition coefficient (Wildman–Crippen LogP) is -0.530. The molecule has 3 N–H and O–H groups in total. The standard InChI is InChI=1S/C9H11N3O6S/c1-18-9(15)12-19(16,17)11-5-6-2-3-7(8(13)14)10-4-6/h2-4,11H,5H2,1H3,(H,12,15)(H,13,14). The molecule has 0 fully saturated rings. The van der Waals surface area contributed by atoms with Crippen LogP contribution in [0.25, 0.3) is 0 Å². The van der Waals surface area contributed by atoms with Gasteiger partial charge in [0, 0.05) is 12.7 Å². The van der Waals surface area contributed by atoms with Crippen LogP contribution < -0.4 is 9.44 Å². The molecular formula is C9H11N3O6S. The van der Waals surface area contributed by atoms with E-state index in [1.54, 1.807) is 4.72 Å². The van der Waals surface area contributed by atoms with Gasteiger partial charge in [-0.3, -0.25) is 0 Å². The van der Waals surface area contributed by atoms with E-state index in [0.29, 0.717) is 5.56 Å². The minimum atomic E-state index is -4.04. The lowest BCUT2D eigenvalue weighted by Gasteiger charge is -2.07. The Hall–Kier alpha value is -2.20. The van der Waals surface area contributed by atoms with E-state index in [4.69, 9.17) is 5.11 Å². The van der Waals surface area contributed by atoms with Crippen molar-refractivity contribution in [3.8, 4) is 0 Å². The van der Waals surface area contributed by atoms with Gasteiger partial charge in [-0.25, -0.2) is 19.3 Å². The third kappa shape index (κ3) is 4.89. The Kier molecular flexibility index (Phi) is 4.78. The topological polar surface area (TPSA) is 135 Å². The molecule has 0 spiro atoms. The number of rotatable bonds is 5. The van der Waals surface area contributed by atoms with Crippen molar-refractivity contribution < 1.29 is 27.9 Å². The second kappa shape index (κ2) is 6.11. The zero-order valence-electron chi connectivity index (χ0n) is 9.78. The van der Waals surface area contributed by atoms with Crippen LogP contribution in [0.1, 0.15) is 16.1 Å². The van der Waals surface area contributed by atoms with Crippen molar-refractivity contribution in [2.75, 3.05) is 7.11 Å². The van der Waals surface area contributed by atoms with E-state index in [9.17, 15) is 18.0 Å². The number of amides is 1. The van der Waals surface area contributed by atoms with Crippen molar-refractivity contribution in [2.24, 2.45) is 0 Å². The van der Waals surface area contributed by atoms with Crippen LogP contribution in [0.5, 0.6) is 0 Å². The van der Waals surface area contributed by atoms with Gasteiger partial charge in [-0.1, -0.05) is 6.07 Å². The van der Waals surface area contributed by atoms with Crippen molar-refractivity contribution in [3.05, 3.63) is 29.6 Å². The summed E-state index contributed by atoms with van der Waals surface area (Å²) in [5, 5.41) is 8.63. The predicted molar refractivity (Wildman–Crippen MR) is 62.5 cm³/mol. The van der Waals surface area contributed by atoms with Gasteiger partial charge in [-0.2, -0.15) is 13.1 Å². The number of hydrogen-bond donors (Lipinski definition) is 3. The van der Waals surface area contributed by atoms with E-state index in [1.807, 2.05) is 0 Å². The lowest BCUT2D eigenvalue weighted by molar-refractivity contribution is 0.0690. The Bertz CT molecular complexity index is 568. The number of ether oxygens (including phenoxy) is 1. The number of carbonyl (C=O) groups excluding carboxylic acids is 1. The molecular weight excluding hydrogens is 278 g/mol. The van der Waals surface area contributed by atoms with Crippen LogP contribution in [0.15, 0.2) is 18.3 Å². The first kappa shape index (κ1) is 14.9. The maximum absolute atomic E-state index is 11.3.